The molecule has 51 valence electrons. The number of rotatable bonds is 2. The minimum absolute atomic E-state index is 0.545. The largest absolute Gasteiger partial charge is 0.310 e. The quantitative estimate of drug-likeness (QED) is 0.588. The third kappa shape index (κ3) is 2.19. The molecule has 1 radical (unpaired) electrons. The molecular weight excluding hydrogens is 110 g/mol. The zero-order chi connectivity index (χ0) is 6.53. The molecule has 0 saturated heterocycles. The fourth-order valence-corrected chi connectivity index (χ4v) is 1.09. The van der Waals surface area contributed by atoms with Crippen LogP contribution >= 0.6 is 0 Å². The van der Waals surface area contributed by atoms with Crippen LogP contribution in [0.15, 0.2) is 6.08 Å². The van der Waals surface area contributed by atoms with E-state index in [0.717, 1.165) is 13.0 Å². The van der Waals surface area contributed by atoms with E-state index in [1.165, 1.54) is 12.8 Å². The summed E-state index contributed by atoms with van der Waals surface area (Å²) < 4.78 is 0. The highest BCUT2D eigenvalue weighted by atomic mass is 14.9. The molecule has 0 aromatic heterocycles. The predicted octanol–water partition coefficient (Wildman–Crippen LogP) is 1.51. The molecule has 0 spiro atoms. The highest BCUT2D eigenvalue weighted by Crippen LogP contribution is 2.01. The Kier molecular flexibility index (Phi) is 2.78. The van der Waals surface area contributed by atoms with E-state index in [4.69, 9.17) is 0 Å². The van der Waals surface area contributed by atoms with Gasteiger partial charge in [0.1, 0.15) is 0 Å². The molecule has 1 N–H and O–H groups in total. The summed E-state index contributed by atoms with van der Waals surface area (Å²) in [5.41, 5.74) is 0. The van der Waals surface area contributed by atoms with Crippen LogP contribution in [0.4, 0.5) is 0 Å². The fourth-order valence-electron chi connectivity index (χ4n) is 1.09. The van der Waals surface area contributed by atoms with Gasteiger partial charge in [-0.3, -0.25) is 0 Å². The van der Waals surface area contributed by atoms with Crippen molar-refractivity contribution in [3.8, 4) is 0 Å². The summed E-state index contributed by atoms with van der Waals surface area (Å²) in [4.78, 5) is 0. The first kappa shape index (κ1) is 6.81. The maximum Gasteiger partial charge on any atom is 0.0320 e. The molecule has 0 saturated carbocycles. The predicted molar refractivity (Wildman–Crippen MR) is 39.1 cm³/mol. The fraction of sp³-hybridized carbons (Fsp3) is 0.750. The molecule has 1 rings (SSSR count). The molecule has 0 aliphatic carbocycles. The van der Waals surface area contributed by atoms with Gasteiger partial charge in [0, 0.05) is 6.04 Å². The van der Waals surface area contributed by atoms with E-state index in [-0.39, 0.29) is 0 Å². The van der Waals surface area contributed by atoms with Crippen LogP contribution in [0.3, 0.4) is 0 Å². The topological polar surface area (TPSA) is 12.0 Å². The molecule has 0 aromatic rings. The number of hydrogen-bond donors (Lipinski definition) is 1. The van der Waals surface area contributed by atoms with E-state index in [1.54, 1.807) is 0 Å². The first-order valence-electron chi connectivity index (χ1n) is 3.74. The molecule has 1 heterocycles. The Bertz CT molecular complexity index is 96.7. The Balaban J connectivity index is 2.23. The van der Waals surface area contributed by atoms with Gasteiger partial charge in [-0.2, -0.15) is 0 Å². The van der Waals surface area contributed by atoms with Crippen molar-refractivity contribution in [2.24, 2.45) is 0 Å². The standard InChI is InChI=1S/C8H14N/c1-2-5-8-6-3-4-7-9-8/h3,8-9H,2,4-5,7H2,1H3. The average Bonchev–Trinajstić information content (AvgIpc) is 1.91. The minimum atomic E-state index is 0.545. The van der Waals surface area contributed by atoms with Gasteiger partial charge in [0.05, 0.1) is 0 Å². The molecule has 1 heteroatoms. The zero-order valence-electron chi connectivity index (χ0n) is 5.98. The molecule has 1 atom stereocenters. The van der Waals surface area contributed by atoms with Gasteiger partial charge in [-0.15, -0.1) is 0 Å². The summed E-state index contributed by atoms with van der Waals surface area (Å²) in [6.07, 6.45) is 9.07. The van der Waals surface area contributed by atoms with Crippen LogP contribution in [-0.4, -0.2) is 12.6 Å². The Labute approximate surface area is 57.1 Å². The second-order valence-electron chi connectivity index (χ2n) is 2.45. The molecule has 0 bridgehead atoms. The molecule has 1 nitrogen and oxygen atoms in total. The van der Waals surface area contributed by atoms with Gasteiger partial charge in [-0.1, -0.05) is 19.4 Å². The summed E-state index contributed by atoms with van der Waals surface area (Å²) in [6, 6.07) is 0.545. The normalized spacial score (nSPS) is 26.6. The van der Waals surface area contributed by atoms with Gasteiger partial charge in [-0.05, 0) is 25.5 Å². The summed E-state index contributed by atoms with van der Waals surface area (Å²) in [5.74, 6) is 0. The van der Waals surface area contributed by atoms with E-state index in [2.05, 4.69) is 24.4 Å². The van der Waals surface area contributed by atoms with Crippen molar-refractivity contribution in [3.63, 3.8) is 0 Å². The smallest absolute Gasteiger partial charge is 0.0320 e. The van der Waals surface area contributed by atoms with Crippen molar-refractivity contribution in [3.05, 3.63) is 12.2 Å². The highest BCUT2D eigenvalue weighted by Gasteiger charge is 2.04. The summed E-state index contributed by atoms with van der Waals surface area (Å²) in [5, 5.41) is 3.38. The van der Waals surface area contributed by atoms with Crippen LogP contribution in [0.1, 0.15) is 26.2 Å². The SMILES string of the molecule is CCCC1[C]=CCCN1. The zero-order valence-corrected chi connectivity index (χ0v) is 5.98. The van der Waals surface area contributed by atoms with E-state index < -0.39 is 0 Å². The molecule has 1 unspecified atom stereocenters. The Morgan fingerprint density at radius 3 is 3.22 bits per heavy atom. The maximum absolute atomic E-state index is 3.38. The van der Waals surface area contributed by atoms with Crippen LogP contribution in [0.25, 0.3) is 0 Å². The monoisotopic (exact) mass is 124 g/mol. The lowest BCUT2D eigenvalue weighted by atomic mass is 10.1. The van der Waals surface area contributed by atoms with Crippen molar-refractivity contribution in [2.45, 2.75) is 32.2 Å². The molecule has 0 aromatic carbocycles. The lowest BCUT2D eigenvalue weighted by Crippen LogP contribution is -2.30. The average molecular weight is 124 g/mol. The van der Waals surface area contributed by atoms with Gasteiger partial charge in [-0.25, -0.2) is 0 Å². The minimum Gasteiger partial charge on any atom is -0.310 e. The molecule has 9 heavy (non-hydrogen) atoms. The van der Waals surface area contributed by atoms with Crippen molar-refractivity contribution >= 4 is 0 Å². The van der Waals surface area contributed by atoms with Crippen LogP contribution < -0.4 is 5.32 Å². The molecule has 0 amide bonds. The Morgan fingerprint density at radius 1 is 1.78 bits per heavy atom. The molecular formula is C8H14N. The van der Waals surface area contributed by atoms with E-state index in [9.17, 15) is 0 Å². The van der Waals surface area contributed by atoms with Crippen LogP contribution in [0.5, 0.6) is 0 Å². The van der Waals surface area contributed by atoms with Crippen LogP contribution in [0, 0.1) is 6.08 Å². The highest BCUT2D eigenvalue weighted by molar-refractivity contribution is 4.90. The van der Waals surface area contributed by atoms with Gasteiger partial charge in [0.15, 0.2) is 0 Å². The summed E-state index contributed by atoms with van der Waals surface area (Å²) >= 11 is 0. The Hall–Kier alpha value is -0.300. The van der Waals surface area contributed by atoms with Crippen molar-refractivity contribution in [1.29, 1.82) is 0 Å². The van der Waals surface area contributed by atoms with Gasteiger partial charge < -0.3 is 5.32 Å². The van der Waals surface area contributed by atoms with Gasteiger partial charge in [0.2, 0.25) is 0 Å². The van der Waals surface area contributed by atoms with E-state index in [0.29, 0.717) is 6.04 Å². The first-order chi connectivity index (χ1) is 4.43. The van der Waals surface area contributed by atoms with E-state index >= 15 is 0 Å². The summed E-state index contributed by atoms with van der Waals surface area (Å²) in [7, 11) is 0. The third-order valence-corrected chi connectivity index (χ3v) is 1.58. The first-order valence-corrected chi connectivity index (χ1v) is 3.74. The second-order valence-corrected chi connectivity index (χ2v) is 2.45. The number of hydrogen-bond acceptors (Lipinski definition) is 1. The van der Waals surface area contributed by atoms with Crippen molar-refractivity contribution < 1.29 is 0 Å². The van der Waals surface area contributed by atoms with Gasteiger partial charge >= 0.3 is 0 Å². The lowest BCUT2D eigenvalue weighted by Gasteiger charge is -2.16. The number of nitrogens with one attached hydrogen (secondary N) is 1. The van der Waals surface area contributed by atoms with Crippen molar-refractivity contribution in [2.75, 3.05) is 6.54 Å². The van der Waals surface area contributed by atoms with E-state index in [1.807, 2.05) is 0 Å². The molecule has 1 aliphatic heterocycles. The van der Waals surface area contributed by atoms with Crippen LogP contribution in [-0.2, 0) is 0 Å². The Morgan fingerprint density at radius 2 is 2.67 bits per heavy atom. The van der Waals surface area contributed by atoms with Crippen LogP contribution in [0.2, 0.25) is 0 Å². The lowest BCUT2D eigenvalue weighted by molar-refractivity contribution is 0.524. The molecule has 1 aliphatic rings. The maximum atomic E-state index is 3.38. The van der Waals surface area contributed by atoms with Gasteiger partial charge in [0.25, 0.3) is 0 Å². The van der Waals surface area contributed by atoms with Crippen molar-refractivity contribution in [1.82, 2.24) is 5.32 Å². The molecule has 0 fully saturated rings. The summed E-state index contributed by atoms with van der Waals surface area (Å²) in [6.45, 7) is 3.34. The third-order valence-electron chi connectivity index (χ3n) is 1.58. The second kappa shape index (κ2) is 3.67.